The maximum Gasteiger partial charge on any atom is 0.490 e. The number of carbonyl (C=O) groups is 2. The predicted molar refractivity (Wildman–Crippen MR) is 148 cm³/mol. The minimum absolute atomic E-state index is 0.0133. The molecular formula is C28H35F3N4O5S. The minimum atomic E-state index is -5.08. The molecule has 5 rings (SSSR count). The van der Waals surface area contributed by atoms with Gasteiger partial charge in [-0.1, -0.05) is 36.8 Å². The Kier molecular flexibility index (Phi) is 10.5. The molecule has 3 aliphatic rings. The van der Waals surface area contributed by atoms with Gasteiger partial charge in [0.05, 0.1) is 23.9 Å². The van der Waals surface area contributed by atoms with Crippen LogP contribution < -0.4 is 10.9 Å². The van der Waals surface area contributed by atoms with Gasteiger partial charge >= 0.3 is 12.1 Å². The summed E-state index contributed by atoms with van der Waals surface area (Å²) in [4.78, 5) is 42.4. The molecule has 1 unspecified atom stereocenters. The molecule has 0 bridgehead atoms. The lowest BCUT2D eigenvalue weighted by atomic mass is 9.84. The second-order valence-corrected chi connectivity index (χ2v) is 10.9. The molecule has 1 aliphatic carbocycles. The maximum atomic E-state index is 13.7. The van der Waals surface area contributed by atoms with Gasteiger partial charge < -0.3 is 20.1 Å². The van der Waals surface area contributed by atoms with Gasteiger partial charge in [0.1, 0.15) is 11.2 Å². The molecule has 224 valence electrons. The Morgan fingerprint density at radius 3 is 2.44 bits per heavy atom. The Morgan fingerprint density at radius 2 is 1.85 bits per heavy atom. The molecule has 3 heterocycles. The number of hydrogen-bond acceptors (Lipinski definition) is 7. The quantitative estimate of drug-likeness (QED) is 0.314. The predicted octanol–water partition coefficient (Wildman–Crippen LogP) is 3.82. The zero-order chi connectivity index (χ0) is 29.6. The molecule has 1 saturated heterocycles. The number of carboxylic acid groups (broad SMARTS) is 1. The topological polar surface area (TPSA) is 114 Å². The SMILES string of the molecule is O=C(CCNCc1ccccc1)N1CCc2nc(C3CCC3)n(C[C@H]3CCCO3)c(=O)c2C1S.O=C(O)C(F)(F)F. The van der Waals surface area contributed by atoms with Crippen LogP contribution in [-0.2, 0) is 33.8 Å². The van der Waals surface area contributed by atoms with Crippen LogP contribution in [0.5, 0.6) is 0 Å². The largest absolute Gasteiger partial charge is 0.490 e. The van der Waals surface area contributed by atoms with Crippen molar-refractivity contribution in [1.29, 1.82) is 0 Å². The van der Waals surface area contributed by atoms with Gasteiger partial charge in [0.15, 0.2) is 0 Å². The number of carboxylic acids is 1. The van der Waals surface area contributed by atoms with Gasteiger partial charge in [-0.2, -0.15) is 13.2 Å². The second kappa shape index (κ2) is 13.8. The molecule has 9 nitrogen and oxygen atoms in total. The van der Waals surface area contributed by atoms with Crippen molar-refractivity contribution in [3.05, 3.63) is 63.3 Å². The lowest BCUT2D eigenvalue weighted by Crippen LogP contribution is -2.45. The number of nitrogens with zero attached hydrogens (tertiary/aromatic N) is 3. The number of ether oxygens (including phenoxy) is 1. The van der Waals surface area contributed by atoms with E-state index in [1.54, 1.807) is 4.90 Å². The third kappa shape index (κ3) is 7.89. The first kappa shape index (κ1) is 31.0. The van der Waals surface area contributed by atoms with Crippen LogP contribution in [0.4, 0.5) is 13.2 Å². The molecule has 2 aliphatic heterocycles. The lowest BCUT2D eigenvalue weighted by molar-refractivity contribution is -0.192. The standard InChI is InChI=1S/C26H34N4O3S.C2HF3O2/c31-22(11-13-27-16-18-6-2-1-3-7-18)29-14-12-21-23(26(29)34)25(32)30(17-20-10-5-15-33-20)24(28-21)19-8-4-9-19;3-2(4,5)1(6)7/h1-3,6-7,19-20,26-27,34H,4-5,8-17H2;(H,6,7)/t20-,26?;/m1./s1. The summed E-state index contributed by atoms with van der Waals surface area (Å²) < 4.78 is 39.4. The van der Waals surface area contributed by atoms with Gasteiger partial charge in [0, 0.05) is 45.0 Å². The Hall–Kier alpha value is -2.90. The van der Waals surface area contributed by atoms with Crippen LogP contribution in [0.1, 0.15) is 72.5 Å². The van der Waals surface area contributed by atoms with E-state index in [4.69, 9.17) is 32.3 Å². The number of aliphatic carboxylic acids is 1. The summed E-state index contributed by atoms with van der Waals surface area (Å²) in [7, 11) is 0. The van der Waals surface area contributed by atoms with E-state index in [9.17, 15) is 22.8 Å². The number of halogens is 3. The number of alkyl halides is 3. The molecule has 1 aromatic carbocycles. The van der Waals surface area contributed by atoms with Crippen LogP contribution in [0.2, 0.25) is 0 Å². The summed E-state index contributed by atoms with van der Waals surface area (Å²) in [5, 5.41) is 9.90. The summed E-state index contributed by atoms with van der Waals surface area (Å²) in [6.07, 6.45) is 1.32. The van der Waals surface area contributed by atoms with Crippen molar-refractivity contribution >= 4 is 24.5 Å². The molecule has 1 aromatic heterocycles. The van der Waals surface area contributed by atoms with Crippen LogP contribution in [-0.4, -0.2) is 63.4 Å². The highest BCUT2D eigenvalue weighted by molar-refractivity contribution is 7.80. The third-order valence-electron chi connectivity index (χ3n) is 7.59. The maximum absolute atomic E-state index is 13.7. The Balaban J connectivity index is 0.000000493. The normalized spacial score (nSPS) is 20.5. The van der Waals surface area contributed by atoms with Crippen molar-refractivity contribution in [2.45, 2.75) is 81.6 Å². The molecule has 2 N–H and O–H groups in total. The summed E-state index contributed by atoms with van der Waals surface area (Å²) in [6.45, 7) is 3.16. The molecular weight excluding hydrogens is 561 g/mol. The van der Waals surface area contributed by atoms with E-state index in [0.29, 0.717) is 44.0 Å². The number of aromatic nitrogens is 2. The Labute approximate surface area is 241 Å². The van der Waals surface area contributed by atoms with E-state index in [-0.39, 0.29) is 17.6 Å². The van der Waals surface area contributed by atoms with E-state index < -0.39 is 17.5 Å². The first-order valence-corrected chi connectivity index (χ1v) is 14.3. The van der Waals surface area contributed by atoms with E-state index in [0.717, 1.165) is 50.4 Å². The molecule has 1 amide bonds. The highest BCUT2D eigenvalue weighted by Crippen LogP contribution is 2.37. The average molecular weight is 597 g/mol. The van der Waals surface area contributed by atoms with Crippen LogP contribution in [0.3, 0.4) is 0 Å². The molecule has 1 saturated carbocycles. The second-order valence-electron chi connectivity index (χ2n) is 10.4. The fraction of sp³-hybridized carbons (Fsp3) is 0.571. The van der Waals surface area contributed by atoms with Crippen LogP contribution in [0, 0.1) is 0 Å². The molecule has 41 heavy (non-hydrogen) atoms. The van der Waals surface area contributed by atoms with Crippen LogP contribution in [0.25, 0.3) is 0 Å². The number of carbonyl (C=O) groups excluding carboxylic acids is 1. The lowest BCUT2D eigenvalue weighted by Gasteiger charge is -2.36. The van der Waals surface area contributed by atoms with Gasteiger partial charge in [0.2, 0.25) is 5.91 Å². The van der Waals surface area contributed by atoms with Crippen LogP contribution in [0.15, 0.2) is 35.1 Å². The molecule has 2 aromatic rings. The fourth-order valence-electron chi connectivity index (χ4n) is 5.16. The average Bonchev–Trinajstić information content (AvgIpc) is 3.41. The monoisotopic (exact) mass is 596 g/mol. The van der Waals surface area contributed by atoms with Crippen molar-refractivity contribution in [2.24, 2.45) is 0 Å². The number of nitrogens with one attached hydrogen (secondary N) is 1. The van der Waals surface area contributed by atoms with Crippen molar-refractivity contribution in [3.63, 3.8) is 0 Å². The summed E-state index contributed by atoms with van der Waals surface area (Å²) in [5.74, 6) is -1.48. The van der Waals surface area contributed by atoms with E-state index in [1.807, 2.05) is 22.8 Å². The first-order chi connectivity index (χ1) is 19.6. The Morgan fingerprint density at radius 1 is 1.15 bits per heavy atom. The van der Waals surface area contributed by atoms with Crippen LogP contribution >= 0.6 is 12.6 Å². The van der Waals surface area contributed by atoms with Gasteiger partial charge in [-0.3, -0.25) is 14.2 Å². The summed E-state index contributed by atoms with van der Waals surface area (Å²) >= 11 is 4.77. The number of benzene rings is 1. The van der Waals surface area contributed by atoms with Crippen molar-refractivity contribution in [1.82, 2.24) is 19.8 Å². The molecule has 0 spiro atoms. The van der Waals surface area contributed by atoms with Gasteiger partial charge in [0.25, 0.3) is 5.56 Å². The third-order valence-corrected chi connectivity index (χ3v) is 8.12. The smallest absolute Gasteiger partial charge is 0.475 e. The molecule has 0 radical (unpaired) electrons. The van der Waals surface area contributed by atoms with Gasteiger partial charge in [-0.25, -0.2) is 9.78 Å². The van der Waals surface area contributed by atoms with Crippen molar-refractivity contribution in [2.75, 3.05) is 19.7 Å². The first-order valence-electron chi connectivity index (χ1n) is 13.8. The number of fused-ring (bicyclic) bond motifs is 1. The fourth-order valence-corrected chi connectivity index (χ4v) is 5.67. The van der Waals surface area contributed by atoms with Crippen molar-refractivity contribution in [3.8, 4) is 0 Å². The molecule has 2 atom stereocenters. The van der Waals surface area contributed by atoms with E-state index in [2.05, 4.69) is 17.4 Å². The summed E-state index contributed by atoms with van der Waals surface area (Å²) in [5.41, 5.74) is 2.54. The molecule has 2 fully saturated rings. The van der Waals surface area contributed by atoms with E-state index in [1.165, 1.54) is 12.0 Å². The van der Waals surface area contributed by atoms with E-state index >= 15 is 0 Å². The van der Waals surface area contributed by atoms with Gasteiger partial charge in [-0.15, -0.1) is 12.6 Å². The zero-order valence-electron chi connectivity index (χ0n) is 22.6. The highest BCUT2D eigenvalue weighted by atomic mass is 32.1. The number of hydrogen-bond donors (Lipinski definition) is 3. The van der Waals surface area contributed by atoms with Crippen molar-refractivity contribution < 1.29 is 32.6 Å². The minimum Gasteiger partial charge on any atom is -0.475 e. The Bertz CT molecular complexity index is 1260. The summed E-state index contributed by atoms with van der Waals surface area (Å²) in [6, 6.07) is 10.1. The zero-order valence-corrected chi connectivity index (χ0v) is 23.5. The highest BCUT2D eigenvalue weighted by Gasteiger charge is 2.38. The number of thiol groups is 1. The molecule has 13 heteroatoms. The number of amides is 1. The number of rotatable bonds is 8. The van der Waals surface area contributed by atoms with Gasteiger partial charge in [-0.05, 0) is 31.2 Å².